The number of aromatic nitrogens is 4. The predicted octanol–water partition coefficient (Wildman–Crippen LogP) is 3.28. The summed E-state index contributed by atoms with van der Waals surface area (Å²) >= 11 is 0. The highest BCUT2D eigenvalue weighted by molar-refractivity contribution is 5.96. The number of carbonyl (C=O) groups excluding carboxylic acids is 1. The van der Waals surface area contributed by atoms with E-state index in [2.05, 4.69) is 63.2 Å². The second kappa shape index (κ2) is 8.78. The smallest absolute Gasteiger partial charge is 0.253 e. The number of fused-ring (bicyclic) bond motifs is 2. The van der Waals surface area contributed by atoms with Gasteiger partial charge in [0.15, 0.2) is 0 Å². The second-order valence-corrected chi connectivity index (χ2v) is 9.62. The van der Waals surface area contributed by atoms with Crippen LogP contribution in [-0.2, 0) is 13.0 Å². The first-order valence-corrected chi connectivity index (χ1v) is 12.2. The number of aromatic amines is 1. The maximum Gasteiger partial charge on any atom is 0.253 e. The largest absolute Gasteiger partial charge is 0.351 e. The zero-order chi connectivity index (χ0) is 23.9. The number of aryl methyl sites for hydroxylation is 1. The lowest BCUT2D eigenvalue weighted by Gasteiger charge is -2.33. The van der Waals surface area contributed by atoms with Crippen LogP contribution in [0.25, 0.3) is 22.0 Å². The van der Waals surface area contributed by atoms with Gasteiger partial charge in [-0.25, -0.2) is 9.97 Å². The van der Waals surface area contributed by atoms with Crippen molar-refractivity contribution in [2.75, 3.05) is 44.7 Å². The van der Waals surface area contributed by atoms with Crippen molar-refractivity contribution in [1.29, 1.82) is 0 Å². The van der Waals surface area contributed by atoms with Crippen molar-refractivity contribution in [2.45, 2.75) is 19.9 Å². The van der Waals surface area contributed by atoms with Crippen molar-refractivity contribution >= 4 is 22.6 Å². The number of likely N-dealkylation sites (N-methyl/N-ethyl adjacent to an activating group) is 1. The Morgan fingerprint density at radius 3 is 2.63 bits per heavy atom. The molecule has 0 unspecified atom stereocenters. The fourth-order valence-electron chi connectivity index (χ4n) is 5.22. The zero-order valence-electron chi connectivity index (χ0n) is 20.2. The molecule has 0 saturated carbocycles. The number of benzene rings is 2. The Bertz CT molecular complexity index is 1390. The molecule has 178 valence electrons. The minimum absolute atomic E-state index is 0.130. The molecule has 2 aromatic carbocycles. The lowest BCUT2D eigenvalue weighted by molar-refractivity contribution is 0.0664. The van der Waals surface area contributed by atoms with Crippen LogP contribution < -0.4 is 4.90 Å². The monoisotopic (exact) mass is 467 g/mol. The molecule has 0 radical (unpaired) electrons. The second-order valence-electron chi connectivity index (χ2n) is 9.62. The summed E-state index contributed by atoms with van der Waals surface area (Å²) in [6.45, 7) is 7.09. The maximum absolute atomic E-state index is 13.2. The molecule has 4 aromatic rings. The SMILES string of the molecule is Cc1cc(-c2cn[nH]c2)cc2c(N3CCc4ccc(C(=O)N5CCN(C)CC5)cc4C3)ncnc12. The van der Waals surface area contributed by atoms with E-state index in [1.165, 1.54) is 11.1 Å². The Morgan fingerprint density at radius 2 is 1.83 bits per heavy atom. The van der Waals surface area contributed by atoms with Crippen LogP contribution in [0.15, 0.2) is 49.1 Å². The van der Waals surface area contributed by atoms with Gasteiger partial charge in [-0.2, -0.15) is 5.10 Å². The van der Waals surface area contributed by atoms with Gasteiger partial charge >= 0.3 is 0 Å². The Morgan fingerprint density at radius 1 is 0.971 bits per heavy atom. The Kier molecular flexibility index (Phi) is 5.45. The molecule has 1 fully saturated rings. The highest BCUT2D eigenvalue weighted by Gasteiger charge is 2.24. The van der Waals surface area contributed by atoms with E-state index in [1.807, 2.05) is 23.4 Å². The van der Waals surface area contributed by atoms with Gasteiger partial charge in [0.1, 0.15) is 12.1 Å². The van der Waals surface area contributed by atoms with Crippen LogP contribution in [-0.4, -0.2) is 75.6 Å². The number of rotatable bonds is 3. The fraction of sp³-hybridized carbons (Fsp3) is 0.333. The molecular weight excluding hydrogens is 438 g/mol. The maximum atomic E-state index is 13.2. The minimum Gasteiger partial charge on any atom is -0.351 e. The van der Waals surface area contributed by atoms with Crippen LogP contribution in [0.5, 0.6) is 0 Å². The molecule has 0 spiro atoms. The number of anilines is 1. The molecule has 8 nitrogen and oxygen atoms in total. The van der Waals surface area contributed by atoms with Gasteiger partial charge in [0.25, 0.3) is 5.91 Å². The van der Waals surface area contributed by atoms with Crippen LogP contribution in [0, 0.1) is 6.92 Å². The van der Waals surface area contributed by atoms with E-state index in [0.29, 0.717) is 0 Å². The van der Waals surface area contributed by atoms with Gasteiger partial charge in [0, 0.05) is 62.0 Å². The molecule has 2 aliphatic heterocycles. The summed E-state index contributed by atoms with van der Waals surface area (Å²) in [5.41, 5.74) is 7.50. The van der Waals surface area contributed by atoms with Crippen molar-refractivity contribution in [1.82, 2.24) is 30.0 Å². The standard InChI is InChI=1S/C27H29N7O/c1-18-11-21(23-14-30-31-15-23)13-24-25(18)28-17-29-26(24)34-6-5-19-3-4-20(12-22(19)16-34)27(35)33-9-7-32(2)8-10-33/h3-4,11-15,17H,5-10,16H2,1-2H3,(H,30,31). The molecular formula is C27H29N7O. The third kappa shape index (κ3) is 4.04. The Hall–Kier alpha value is -3.78. The van der Waals surface area contributed by atoms with Gasteiger partial charge in [0.2, 0.25) is 0 Å². The number of amides is 1. The van der Waals surface area contributed by atoms with Crippen molar-refractivity contribution in [3.05, 3.63) is 71.3 Å². The first-order chi connectivity index (χ1) is 17.1. The quantitative estimate of drug-likeness (QED) is 0.498. The topological polar surface area (TPSA) is 81.3 Å². The third-order valence-electron chi connectivity index (χ3n) is 7.30. The summed E-state index contributed by atoms with van der Waals surface area (Å²) in [6.07, 6.45) is 6.31. The number of hydrogen-bond acceptors (Lipinski definition) is 6. The summed E-state index contributed by atoms with van der Waals surface area (Å²) < 4.78 is 0. The Balaban J connectivity index is 1.32. The number of nitrogens with zero attached hydrogens (tertiary/aromatic N) is 6. The van der Waals surface area contributed by atoms with Gasteiger partial charge < -0.3 is 14.7 Å². The van der Waals surface area contributed by atoms with Gasteiger partial charge in [-0.15, -0.1) is 0 Å². The molecule has 1 saturated heterocycles. The summed E-state index contributed by atoms with van der Waals surface area (Å²) in [6, 6.07) is 10.5. The molecule has 6 rings (SSSR count). The van der Waals surface area contributed by atoms with E-state index in [4.69, 9.17) is 4.98 Å². The van der Waals surface area contributed by atoms with E-state index < -0.39 is 0 Å². The minimum atomic E-state index is 0.130. The highest BCUT2D eigenvalue weighted by Crippen LogP contribution is 2.33. The van der Waals surface area contributed by atoms with Crippen LogP contribution >= 0.6 is 0 Å². The van der Waals surface area contributed by atoms with Gasteiger partial charge in [0.05, 0.1) is 11.7 Å². The molecule has 0 aliphatic carbocycles. The lowest BCUT2D eigenvalue weighted by Crippen LogP contribution is -2.47. The average molecular weight is 468 g/mol. The zero-order valence-corrected chi connectivity index (χ0v) is 20.2. The van der Waals surface area contributed by atoms with Gasteiger partial charge in [-0.3, -0.25) is 9.89 Å². The predicted molar refractivity (Wildman–Crippen MR) is 136 cm³/mol. The number of hydrogen-bond donors (Lipinski definition) is 1. The number of carbonyl (C=O) groups is 1. The normalized spacial score (nSPS) is 16.5. The van der Waals surface area contributed by atoms with Crippen LogP contribution in [0.2, 0.25) is 0 Å². The Labute approximate surface area is 204 Å². The summed E-state index contributed by atoms with van der Waals surface area (Å²) in [5.74, 6) is 1.07. The molecule has 0 atom stereocenters. The summed E-state index contributed by atoms with van der Waals surface area (Å²) in [7, 11) is 2.10. The summed E-state index contributed by atoms with van der Waals surface area (Å²) in [5, 5.41) is 8.04. The van der Waals surface area contributed by atoms with Crippen LogP contribution in [0.1, 0.15) is 27.0 Å². The van der Waals surface area contributed by atoms with E-state index >= 15 is 0 Å². The molecule has 4 heterocycles. The third-order valence-corrected chi connectivity index (χ3v) is 7.30. The first-order valence-electron chi connectivity index (χ1n) is 12.2. The molecule has 2 aliphatic rings. The van der Waals surface area contributed by atoms with Crippen LogP contribution in [0.4, 0.5) is 5.82 Å². The molecule has 0 bridgehead atoms. The molecule has 2 aromatic heterocycles. The average Bonchev–Trinajstić information content (AvgIpc) is 3.43. The van der Waals surface area contributed by atoms with Crippen molar-refractivity contribution in [3.8, 4) is 11.1 Å². The van der Waals surface area contributed by atoms with E-state index in [0.717, 1.165) is 84.7 Å². The van der Waals surface area contributed by atoms with Gasteiger partial charge in [-0.1, -0.05) is 6.07 Å². The first kappa shape index (κ1) is 21.7. The highest BCUT2D eigenvalue weighted by atomic mass is 16.2. The molecule has 1 amide bonds. The molecule has 8 heteroatoms. The fourth-order valence-corrected chi connectivity index (χ4v) is 5.22. The van der Waals surface area contributed by atoms with Crippen LogP contribution in [0.3, 0.4) is 0 Å². The van der Waals surface area contributed by atoms with Gasteiger partial charge in [-0.05, 0) is 66.9 Å². The van der Waals surface area contributed by atoms with Crippen molar-refractivity contribution in [3.63, 3.8) is 0 Å². The molecule has 1 N–H and O–H groups in total. The number of nitrogens with one attached hydrogen (secondary N) is 1. The molecule has 35 heavy (non-hydrogen) atoms. The number of piperazine rings is 1. The van der Waals surface area contributed by atoms with E-state index in [-0.39, 0.29) is 5.91 Å². The number of H-pyrrole nitrogens is 1. The van der Waals surface area contributed by atoms with Crippen molar-refractivity contribution in [2.24, 2.45) is 0 Å². The van der Waals surface area contributed by atoms with E-state index in [1.54, 1.807) is 6.33 Å². The lowest BCUT2D eigenvalue weighted by atomic mass is 9.96. The van der Waals surface area contributed by atoms with Crippen molar-refractivity contribution < 1.29 is 4.79 Å². The summed E-state index contributed by atoms with van der Waals surface area (Å²) in [4.78, 5) is 29.0. The van der Waals surface area contributed by atoms with E-state index in [9.17, 15) is 4.79 Å².